The monoisotopic (exact) mass is 557 g/mol. The molecule has 9 heteroatoms. The van der Waals surface area contributed by atoms with Crippen LogP contribution in [-0.2, 0) is 11.2 Å². The Morgan fingerprint density at radius 1 is 1.05 bits per heavy atom. The molecule has 1 aliphatic heterocycles. The molecule has 1 saturated heterocycles. The van der Waals surface area contributed by atoms with Gasteiger partial charge in [-0.15, -0.1) is 10.2 Å². The van der Waals surface area contributed by atoms with Crippen molar-refractivity contribution in [2.24, 2.45) is 0 Å². The molecule has 3 heterocycles. The van der Waals surface area contributed by atoms with Gasteiger partial charge in [-0.25, -0.2) is 0 Å². The van der Waals surface area contributed by atoms with Gasteiger partial charge in [0, 0.05) is 31.2 Å². The minimum Gasteiger partial charge on any atom is -0.461 e. The second-order valence-corrected chi connectivity index (χ2v) is 11.2. The average molecular weight is 558 g/mol. The van der Waals surface area contributed by atoms with Gasteiger partial charge in [0.15, 0.2) is 10.9 Å². The van der Waals surface area contributed by atoms with E-state index in [0.29, 0.717) is 41.9 Å². The number of furan rings is 1. The summed E-state index contributed by atoms with van der Waals surface area (Å²) in [6.07, 6.45) is 4.94. The van der Waals surface area contributed by atoms with Crippen molar-refractivity contribution in [3.05, 3.63) is 83.6 Å². The molecule has 1 atom stereocenters. The summed E-state index contributed by atoms with van der Waals surface area (Å²) in [7, 11) is 0. The van der Waals surface area contributed by atoms with Crippen molar-refractivity contribution in [1.29, 1.82) is 0 Å². The summed E-state index contributed by atoms with van der Waals surface area (Å²) in [5.74, 6) is 1.46. The van der Waals surface area contributed by atoms with Gasteiger partial charge < -0.3 is 14.2 Å². The number of amides is 2. The molecular formula is C31H35N5O3S. The predicted octanol–water partition coefficient (Wildman–Crippen LogP) is 5.64. The Hall–Kier alpha value is -3.85. The molecule has 0 radical (unpaired) electrons. The Kier molecular flexibility index (Phi) is 8.69. The van der Waals surface area contributed by atoms with Crippen LogP contribution >= 0.6 is 11.8 Å². The van der Waals surface area contributed by atoms with E-state index in [-0.39, 0.29) is 23.6 Å². The molecule has 2 aromatic carbocycles. The fraction of sp³-hybridized carbons (Fsp3) is 0.355. The molecule has 40 heavy (non-hydrogen) atoms. The quantitative estimate of drug-likeness (QED) is 0.248. The molecule has 0 saturated carbocycles. The Labute approximate surface area is 239 Å². The van der Waals surface area contributed by atoms with Crippen LogP contribution in [0, 0.1) is 6.92 Å². The minimum atomic E-state index is -0.0727. The zero-order valence-electron chi connectivity index (χ0n) is 23.2. The Balaban J connectivity index is 1.23. The van der Waals surface area contributed by atoms with E-state index in [1.165, 1.54) is 17.3 Å². The number of unbranched alkanes of at least 4 members (excludes halogenated alkanes) is 1. The number of carbonyl (C=O) groups excluding carboxylic acids is 2. The number of thioether (sulfide) groups is 1. The van der Waals surface area contributed by atoms with Gasteiger partial charge in [0.05, 0.1) is 17.7 Å². The van der Waals surface area contributed by atoms with Crippen molar-refractivity contribution in [3.63, 3.8) is 0 Å². The van der Waals surface area contributed by atoms with Gasteiger partial charge in [0.2, 0.25) is 11.7 Å². The van der Waals surface area contributed by atoms with E-state index < -0.39 is 0 Å². The van der Waals surface area contributed by atoms with Crippen LogP contribution in [0.25, 0.3) is 17.3 Å². The van der Waals surface area contributed by atoms with Crippen LogP contribution in [0.5, 0.6) is 0 Å². The molecule has 0 aliphatic carbocycles. The van der Waals surface area contributed by atoms with Crippen molar-refractivity contribution >= 4 is 23.6 Å². The second kappa shape index (κ2) is 12.6. The van der Waals surface area contributed by atoms with E-state index in [2.05, 4.69) is 35.3 Å². The summed E-state index contributed by atoms with van der Waals surface area (Å²) in [5, 5.41) is 9.39. The normalized spacial score (nSPS) is 15.4. The zero-order valence-corrected chi connectivity index (χ0v) is 24.1. The van der Waals surface area contributed by atoms with Gasteiger partial charge in [-0.1, -0.05) is 49.4 Å². The van der Waals surface area contributed by atoms with Crippen molar-refractivity contribution in [2.75, 3.05) is 25.4 Å². The first-order valence-corrected chi connectivity index (χ1v) is 14.8. The third kappa shape index (κ3) is 6.14. The molecule has 2 amide bonds. The zero-order chi connectivity index (χ0) is 28.1. The lowest BCUT2D eigenvalue weighted by atomic mass is 10.0. The van der Waals surface area contributed by atoms with E-state index in [4.69, 9.17) is 4.42 Å². The topological polar surface area (TPSA) is 84.5 Å². The standard InChI is InChI=1S/C31H35N5O3S/c1-4-5-9-24-12-14-25(15-13-24)30(38)35-17-16-34(20-23(35)3)28(37)21-40-31-33-32-29(27-11-7-18-39-27)36(31)26-10-6-8-22(2)19-26/h6-8,10-15,18-19,23H,4-5,9,16-17,20-21H2,1-3H3. The summed E-state index contributed by atoms with van der Waals surface area (Å²) in [5.41, 5.74) is 3.97. The molecule has 5 rings (SSSR count). The van der Waals surface area contributed by atoms with Crippen molar-refractivity contribution in [3.8, 4) is 17.3 Å². The molecular weight excluding hydrogens is 522 g/mol. The minimum absolute atomic E-state index is 0.0163. The van der Waals surface area contributed by atoms with Crippen LogP contribution in [-0.4, -0.2) is 67.8 Å². The number of rotatable bonds is 9. The van der Waals surface area contributed by atoms with Gasteiger partial charge in [-0.3, -0.25) is 14.2 Å². The van der Waals surface area contributed by atoms with Crippen molar-refractivity contribution in [2.45, 2.75) is 51.2 Å². The van der Waals surface area contributed by atoms with E-state index in [0.717, 1.165) is 30.5 Å². The first-order chi connectivity index (χ1) is 19.4. The summed E-state index contributed by atoms with van der Waals surface area (Å²) in [6.45, 7) is 7.73. The Bertz CT molecular complexity index is 1450. The predicted molar refractivity (Wildman–Crippen MR) is 157 cm³/mol. The van der Waals surface area contributed by atoms with Crippen LogP contribution in [0.4, 0.5) is 0 Å². The SMILES string of the molecule is CCCCc1ccc(C(=O)N2CCN(C(=O)CSc3nnc(-c4ccco4)n3-c3cccc(C)c3)CC2C)cc1. The maximum Gasteiger partial charge on any atom is 0.254 e. The summed E-state index contributed by atoms with van der Waals surface area (Å²) >= 11 is 1.36. The molecule has 1 fully saturated rings. The van der Waals surface area contributed by atoms with Crippen molar-refractivity contribution < 1.29 is 14.0 Å². The highest BCUT2D eigenvalue weighted by Crippen LogP contribution is 2.29. The second-order valence-electron chi connectivity index (χ2n) is 10.2. The van der Waals surface area contributed by atoms with Crippen LogP contribution < -0.4 is 0 Å². The Morgan fingerprint density at radius 2 is 1.88 bits per heavy atom. The fourth-order valence-electron chi connectivity index (χ4n) is 4.99. The van der Waals surface area contributed by atoms with Crippen LogP contribution in [0.1, 0.15) is 48.2 Å². The molecule has 2 aromatic heterocycles. The molecule has 4 aromatic rings. The Morgan fingerprint density at radius 3 is 2.58 bits per heavy atom. The number of carbonyl (C=O) groups is 2. The molecule has 0 N–H and O–H groups in total. The van der Waals surface area contributed by atoms with E-state index >= 15 is 0 Å². The van der Waals surface area contributed by atoms with Gasteiger partial charge in [-0.2, -0.15) is 0 Å². The maximum absolute atomic E-state index is 13.3. The molecule has 1 aliphatic rings. The van der Waals surface area contributed by atoms with Crippen molar-refractivity contribution in [1.82, 2.24) is 24.6 Å². The van der Waals surface area contributed by atoms with Gasteiger partial charge in [0.25, 0.3) is 5.91 Å². The number of aryl methyl sites for hydroxylation is 2. The molecule has 1 unspecified atom stereocenters. The summed E-state index contributed by atoms with van der Waals surface area (Å²) < 4.78 is 7.53. The third-order valence-electron chi connectivity index (χ3n) is 7.22. The third-order valence-corrected chi connectivity index (χ3v) is 8.13. The highest BCUT2D eigenvalue weighted by atomic mass is 32.2. The van der Waals surface area contributed by atoms with E-state index in [1.54, 1.807) is 6.26 Å². The van der Waals surface area contributed by atoms with Gasteiger partial charge in [-0.05, 0) is 74.2 Å². The van der Waals surface area contributed by atoms with Gasteiger partial charge >= 0.3 is 0 Å². The fourth-order valence-corrected chi connectivity index (χ4v) is 5.85. The summed E-state index contributed by atoms with van der Waals surface area (Å²) in [4.78, 5) is 30.2. The lowest BCUT2D eigenvalue weighted by Crippen LogP contribution is -2.55. The molecule has 208 valence electrons. The molecule has 0 bridgehead atoms. The largest absolute Gasteiger partial charge is 0.461 e. The highest BCUT2D eigenvalue weighted by molar-refractivity contribution is 7.99. The number of hydrogen-bond acceptors (Lipinski definition) is 6. The first-order valence-electron chi connectivity index (χ1n) is 13.8. The van der Waals surface area contributed by atoms with E-state index in [9.17, 15) is 9.59 Å². The molecule has 8 nitrogen and oxygen atoms in total. The smallest absolute Gasteiger partial charge is 0.254 e. The molecule has 0 spiro atoms. The highest BCUT2D eigenvalue weighted by Gasteiger charge is 2.30. The maximum atomic E-state index is 13.3. The number of benzene rings is 2. The first kappa shape index (κ1) is 27.7. The summed E-state index contributed by atoms with van der Waals surface area (Å²) in [6, 6.07) is 19.6. The van der Waals surface area contributed by atoms with Gasteiger partial charge in [0.1, 0.15) is 0 Å². The number of aromatic nitrogens is 3. The number of nitrogens with zero attached hydrogens (tertiary/aromatic N) is 5. The number of piperazine rings is 1. The number of hydrogen-bond donors (Lipinski definition) is 0. The van der Waals surface area contributed by atoms with Crippen LogP contribution in [0.15, 0.2) is 76.5 Å². The van der Waals surface area contributed by atoms with Crippen LogP contribution in [0.3, 0.4) is 0 Å². The average Bonchev–Trinajstić information content (AvgIpc) is 3.65. The van der Waals surface area contributed by atoms with E-state index in [1.807, 2.05) is 70.7 Å². The lowest BCUT2D eigenvalue weighted by Gasteiger charge is -2.40. The van der Waals surface area contributed by atoms with Crippen LogP contribution in [0.2, 0.25) is 0 Å². The lowest BCUT2D eigenvalue weighted by molar-refractivity contribution is -0.130.